The maximum Gasteiger partial charge on any atom is 0.408 e. The second kappa shape index (κ2) is 8.63. The molecule has 218 valence electrons. The van der Waals surface area contributed by atoms with Crippen molar-refractivity contribution in [2.45, 2.75) is 87.7 Å². The Balaban J connectivity index is 1.29. The minimum atomic E-state index is -4.53. The molecule has 1 saturated carbocycles. The minimum absolute atomic E-state index is 0.00291. The molecule has 10 nitrogen and oxygen atoms in total. The van der Waals surface area contributed by atoms with Crippen LogP contribution in [0.15, 0.2) is 11.2 Å². The molecule has 2 aromatic rings. The number of aromatic nitrogens is 4. The molecule has 4 aliphatic rings. The molecule has 3 aliphatic heterocycles. The number of piperidine rings is 1. The zero-order valence-corrected chi connectivity index (χ0v) is 22.2. The first-order valence-corrected chi connectivity index (χ1v) is 13.3. The first-order chi connectivity index (χ1) is 18.6. The number of aliphatic hydroxyl groups is 1. The van der Waals surface area contributed by atoms with Gasteiger partial charge in [0.1, 0.15) is 12.1 Å². The van der Waals surface area contributed by atoms with Crippen molar-refractivity contribution in [3.63, 3.8) is 0 Å². The van der Waals surface area contributed by atoms with E-state index in [-0.39, 0.29) is 31.5 Å². The van der Waals surface area contributed by atoms with Gasteiger partial charge in [0.25, 0.3) is 5.92 Å². The summed E-state index contributed by atoms with van der Waals surface area (Å²) in [6, 6.07) is -0.672. The molecule has 3 fully saturated rings. The first-order valence-electron chi connectivity index (χ1n) is 13.3. The fourth-order valence-electron chi connectivity index (χ4n) is 6.16. The third kappa shape index (κ3) is 4.81. The molecule has 40 heavy (non-hydrogen) atoms. The number of aliphatic imine (C=N–C) groups is 1. The number of rotatable bonds is 4. The highest BCUT2D eigenvalue weighted by Crippen LogP contribution is 2.51. The number of alkyl halides is 5. The number of carbonyl (C=O) groups excluding carboxylic acids is 1. The van der Waals surface area contributed by atoms with Crippen LogP contribution in [0.2, 0.25) is 0 Å². The number of urea groups is 1. The lowest BCUT2D eigenvalue weighted by Gasteiger charge is -2.40. The van der Waals surface area contributed by atoms with Crippen LogP contribution in [0.3, 0.4) is 0 Å². The van der Waals surface area contributed by atoms with E-state index in [1.807, 2.05) is 0 Å². The van der Waals surface area contributed by atoms with Gasteiger partial charge in [-0.1, -0.05) is 0 Å². The van der Waals surface area contributed by atoms with Gasteiger partial charge in [-0.25, -0.2) is 13.6 Å². The summed E-state index contributed by atoms with van der Waals surface area (Å²) in [4.78, 5) is 20.8. The molecule has 2 saturated heterocycles. The molecule has 2 unspecified atom stereocenters. The molecule has 0 aromatic carbocycles. The van der Waals surface area contributed by atoms with Gasteiger partial charge in [-0.2, -0.15) is 23.4 Å². The van der Waals surface area contributed by atoms with E-state index >= 15 is 0 Å². The SMILES string of the molecule is CC1(O)CCN(c2nn(CC(F)(F)F)c3c2C=NC(C)(c2[nH]ncc2NC(=O)N2CC(F)(F)CCC24CC4)C3)C1. The summed E-state index contributed by atoms with van der Waals surface area (Å²) in [7, 11) is 0. The van der Waals surface area contributed by atoms with Crippen molar-refractivity contribution in [3.8, 4) is 0 Å². The number of carbonyl (C=O) groups is 1. The van der Waals surface area contributed by atoms with E-state index in [0.717, 1.165) is 4.68 Å². The van der Waals surface area contributed by atoms with Gasteiger partial charge in [-0.3, -0.25) is 14.8 Å². The Kier molecular flexibility index (Phi) is 5.82. The predicted octanol–water partition coefficient (Wildman–Crippen LogP) is 3.82. The minimum Gasteiger partial charge on any atom is -0.388 e. The molecule has 0 bridgehead atoms. The molecule has 0 radical (unpaired) electrons. The lowest BCUT2D eigenvalue weighted by Crippen LogP contribution is -2.54. The predicted molar refractivity (Wildman–Crippen MR) is 135 cm³/mol. The van der Waals surface area contributed by atoms with Gasteiger partial charge in [-0.15, -0.1) is 0 Å². The Morgan fingerprint density at radius 1 is 1.15 bits per heavy atom. The molecular weight excluding hydrogens is 539 g/mol. The number of likely N-dealkylation sites (tertiary alicyclic amines) is 1. The van der Waals surface area contributed by atoms with Crippen LogP contribution < -0.4 is 10.2 Å². The quantitative estimate of drug-likeness (QED) is 0.484. The van der Waals surface area contributed by atoms with E-state index in [1.54, 1.807) is 18.7 Å². The third-order valence-corrected chi connectivity index (χ3v) is 8.56. The Hall–Kier alpha value is -3.23. The topological polar surface area (TPSA) is 115 Å². The molecule has 15 heteroatoms. The number of nitrogens with one attached hydrogen (secondary N) is 2. The van der Waals surface area contributed by atoms with Gasteiger partial charge in [0, 0.05) is 37.7 Å². The standard InChI is InChI=1S/C25H31F5N8O2/c1-21(40)7-8-36(12-21)19-15-10-31-22(2,9-17(15)38(35-19)14-25(28,29)30)18-16(11-32-34-18)33-20(39)37-13-24(26,27)6-5-23(37)3-4-23/h10-11,40H,3-9,12-14H2,1-2H3,(H,32,34)(H,33,39). The average Bonchev–Trinajstić information content (AvgIpc) is 3.13. The monoisotopic (exact) mass is 570 g/mol. The van der Waals surface area contributed by atoms with E-state index in [0.29, 0.717) is 48.6 Å². The second-order valence-electron chi connectivity index (χ2n) is 12.1. The van der Waals surface area contributed by atoms with Crippen LogP contribution in [0.1, 0.15) is 62.9 Å². The number of aromatic amines is 1. The molecule has 3 N–H and O–H groups in total. The first kappa shape index (κ1) is 27.0. The van der Waals surface area contributed by atoms with Crippen LogP contribution in [0.4, 0.5) is 38.3 Å². The Bertz CT molecular complexity index is 1360. The molecular formula is C25H31F5N8O2. The molecule has 1 spiro atoms. The smallest absolute Gasteiger partial charge is 0.388 e. The van der Waals surface area contributed by atoms with E-state index < -0.39 is 47.9 Å². The number of nitrogens with zero attached hydrogens (tertiary/aromatic N) is 6. The van der Waals surface area contributed by atoms with Gasteiger partial charge in [-0.05, 0) is 39.5 Å². The second-order valence-corrected chi connectivity index (χ2v) is 12.1. The van der Waals surface area contributed by atoms with Crippen LogP contribution in [0.25, 0.3) is 0 Å². The number of anilines is 2. The highest BCUT2D eigenvalue weighted by Gasteiger charge is 2.57. The fraction of sp³-hybridized carbons (Fsp3) is 0.680. The van der Waals surface area contributed by atoms with Crippen LogP contribution in [-0.2, 0) is 18.5 Å². The summed E-state index contributed by atoms with van der Waals surface area (Å²) >= 11 is 0. The highest BCUT2D eigenvalue weighted by atomic mass is 19.4. The van der Waals surface area contributed by atoms with Crippen molar-refractivity contribution in [1.82, 2.24) is 24.9 Å². The van der Waals surface area contributed by atoms with Crippen LogP contribution in [0, 0.1) is 0 Å². The van der Waals surface area contributed by atoms with Crippen molar-refractivity contribution in [2.24, 2.45) is 4.99 Å². The Morgan fingerprint density at radius 3 is 2.52 bits per heavy atom. The molecule has 5 heterocycles. The number of H-pyrrole nitrogens is 1. The van der Waals surface area contributed by atoms with Gasteiger partial charge in [0.05, 0.1) is 41.0 Å². The van der Waals surface area contributed by atoms with E-state index in [1.165, 1.54) is 17.3 Å². The maximum absolute atomic E-state index is 14.2. The molecule has 2 aromatic heterocycles. The fourth-order valence-corrected chi connectivity index (χ4v) is 6.16. The van der Waals surface area contributed by atoms with Crippen molar-refractivity contribution in [3.05, 3.63) is 23.1 Å². The summed E-state index contributed by atoms with van der Waals surface area (Å²) in [5, 5.41) is 24.2. The van der Waals surface area contributed by atoms with Crippen LogP contribution in [-0.4, -0.2) is 85.1 Å². The largest absolute Gasteiger partial charge is 0.408 e. The maximum atomic E-state index is 14.2. The normalized spacial score (nSPS) is 28.7. The van der Waals surface area contributed by atoms with Crippen LogP contribution in [0.5, 0.6) is 0 Å². The average molecular weight is 571 g/mol. The number of halogens is 5. The summed E-state index contributed by atoms with van der Waals surface area (Å²) in [6.07, 6.45) is 0.0385. The van der Waals surface area contributed by atoms with Crippen molar-refractivity contribution in [1.29, 1.82) is 0 Å². The van der Waals surface area contributed by atoms with Gasteiger partial charge in [0.2, 0.25) is 0 Å². The number of hydrogen-bond acceptors (Lipinski definition) is 6. The lowest BCUT2D eigenvalue weighted by molar-refractivity contribution is -0.143. The number of β-amino-alcohol motifs (C(OH)–C–C–N with tert-alkyl or cyclic N) is 1. The van der Waals surface area contributed by atoms with Gasteiger partial charge >= 0.3 is 12.2 Å². The summed E-state index contributed by atoms with van der Waals surface area (Å²) < 4.78 is 69.9. The van der Waals surface area contributed by atoms with E-state index in [9.17, 15) is 31.9 Å². The van der Waals surface area contributed by atoms with Crippen molar-refractivity contribution >= 4 is 23.8 Å². The summed E-state index contributed by atoms with van der Waals surface area (Å²) in [5.74, 6) is -2.65. The third-order valence-electron chi connectivity index (χ3n) is 8.56. The Morgan fingerprint density at radius 2 is 1.88 bits per heavy atom. The summed E-state index contributed by atoms with van der Waals surface area (Å²) in [5.41, 5.74) is -1.41. The molecule has 2 atom stereocenters. The number of fused-ring (bicyclic) bond motifs is 1. The zero-order valence-electron chi connectivity index (χ0n) is 22.2. The molecule has 6 rings (SSSR count). The van der Waals surface area contributed by atoms with E-state index in [4.69, 9.17) is 0 Å². The molecule has 2 amide bonds. The zero-order chi connectivity index (χ0) is 28.7. The van der Waals surface area contributed by atoms with Crippen LogP contribution >= 0.6 is 0 Å². The highest BCUT2D eigenvalue weighted by molar-refractivity contribution is 5.92. The van der Waals surface area contributed by atoms with Crippen molar-refractivity contribution < 1.29 is 31.9 Å². The van der Waals surface area contributed by atoms with Gasteiger partial charge in [0.15, 0.2) is 5.82 Å². The van der Waals surface area contributed by atoms with Gasteiger partial charge < -0.3 is 20.2 Å². The van der Waals surface area contributed by atoms with Crippen molar-refractivity contribution in [2.75, 3.05) is 29.9 Å². The molecule has 1 aliphatic carbocycles. The number of hydrogen-bond donors (Lipinski definition) is 3. The number of amides is 2. The lowest BCUT2D eigenvalue weighted by atomic mass is 9.88. The Labute approximate surface area is 226 Å². The van der Waals surface area contributed by atoms with E-state index in [2.05, 4.69) is 25.6 Å². The summed E-state index contributed by atoms with van der Waals surface area (Å²) in [6.45, 7) is 2.04.